The van der Waals surface area contributed by atoms with Crippen LogP contribution >= 0.6 is 0 Å². The van der Waals surface area contributed by atoms with Gasteiger partial charge in [-0.1, -0.05) is 24.3 Å². The molecule has 0 amide bonds. The lowest BCUT2D eigenvalue weighted by Gasteiger charge is -2.09. The maximum absolute atomic E-state index is 13.6. The van der Waals surface area contributed by atoms with Crippen molar-refractivity contribution >= 4 is 12.0 Å². The van der Waals surface area contributed by atoms with Gasteiger partial charge >= 0.3 is 5.97 Å². The number of para-hydroxylation sites is 1. The van der Waals surface area contributed by atoms with Crippen molar-refractivity contribution in [1.82, 2.24) is 0 Å². The molecule has 0 aliphatic heterocycles. The Morgan fingerprint density at radius 2 is 2.05 bits per heavy atom. The minimum absolute atomic E-state index is 0.225. The fourth-order valence-electron chi connectivity index (χ4n) is 1.85. The number of hydrogen-bond donors (Lipinski definition) is 1. The standard InChI is InChI=1S/C17H15FO3/c1-12-4-2-3-5-16(12)21-11-13-6-8-15(18)14(10-13)7-9-17(19)20/h2-10H,11H2,1H3,(H,19,20). The molecule has 0 spiro atoms. The van der Waals surface area contributed by atoms with Crippen LogP contribution in [0.2, 0.25) is 0 Å². The van der Waals surface area contributed by atoms with Crippen molar-refractivity contribution < 1.29 is 19.0 Å². The largest absolute Gasteiger partial charge is 0.489 e. The Balaban J connectivity index is 2.12. The summed E-state index contributed by atoms with van der Waals surface area (Å²) in [5.74, 6) is -0.812. The molecule has 0 aromatic heterocycles. The molecule has 0 radical (unpaired) electrons. The highest BCUT2D eigenvalue weighted by molar-refractivity contribution is 5.85. The average Bonchev–Trinajstić information content (AvgIpc) is 2.46. The third-order valence-corrected chi connectivity index (χ3v) is 2.95. The first-order valence-corrected chi connectivity index (χ1v) is 6.44. The first-order chi connectivity index (χ1) is 10.1. The van der Waals surface area contributed by atoms with Gasteiger partial charge in [0, 0.05) is 11.6 Å². The van der Waals surface area contributed by atoms with Gasteiger partial charge < -0.3 is 9.84 Å². The number of carboxylic acids is 1. The van der Waals surface area contributed by atoms with Crippen molar-refractivity contribution in [3.05, 3.63) is 71.0 Å². The predicted molar refractivity (Wildman–Crippen MR) is 78.6 cm³/mol. The van der Waals surface area contributed by atoms with Crippen LogP contribution in [-0.2, 0) is 11.4 Å². The molecule has 0 saturated carbocycles. The van der Waals surface area contributed by atoms with Crippen molar-refractivity contribution in [3.63, 3.8) is 0 Å². The van der Waals surface area contributed by atoms with Gasteiger partial charge in [-0.05, 0) is 42.3 Å². The molecule has 0 bridgehead atoms. The second-order valence-corrected chi connectivity index (χ2v) is 4.58. The molecule has 0 unspecified atom stereocenters. The number of rotatable bonds is 5. The number of halogens is 1. The Labute approximate surface area is 122 Å². The minimum Gasteiger partial charge on any atom is -0.489 e. The van der Waals surface area contributed by atoms with Gasteiger partial charge in [-0.15, -0.1) is 0 Å². The number of aryl methyl sites for hydroxylation is 1. The van der Waals surface area contributed by atoms with E-state index in [1.165, 1.54) is 12.1 Å². The summed E-state index contributed by atoms with van der Waals surface area (Å²) in [5, 5.41) is 8.58. The highest BCUT2D eigenvalue weighted by Gasteiger charge is 2.04. The summed E-state index contributed by atoms with van der Waals surface area (Å²) in [6.45, 7) is 2.24. The van der Waals surface area contributed by atoms with Gasteiger partial charge in [0.15, 0.2) is 0 Å². The van der Waals surface area contributed by atoms with Crippen LogP contribution in [0.1, 0.15) is 16.7 Å². The quantitative estimate of drug-likeness (QED) is 0.850. The number of aliphatic carboxylic acids is 1. The van der Waals surface area contributed by atoms with Gasteiger partial charge in [0.25, 0.3) is 0 Å². The molecule has 21 heavy (non-hydrogen) atoms. The second-order valence-electron chi connectivity index (χ2n) is 4.58. The van der Waals surface area contributed by atoms with Crippen LogP contribution in [0, 0.1) is 12.7 Å². The summed E-state index contributed by atoms with van der Waals surface area (Å²) in [6, 6.07) is 12.1. The van der Waals surface area contributed by atoms with Gasteiger partial charge in [0.05, 0.1) is 0 Å². The van der Waals surface area contributed by atoms with Gasteiger partial charge in [-0.3, -0.25) is 0 Å². The highest BCUT2D eigenvalue weighted by atomic mass is 19.1. The van der Waals surface area contributed by atoms with E-state index in [0.29, 0.717) is 6.61 Å². The van der Waals surface area contributed by atoms with Crippen LogP contribution in [0.5, 0.6) is 5.75 Å². The lowest BCUT2D eigenvalue weighted by atomic mass is 10.1. The first-order valence-electron chi connectivity index (χ1n) is 6.44. The number of hydrogen-bond acceptors (Lipinski definition) is 2. The molecule has 2 aromatic carbocycles. The van der Waals surface area contributed by atoms with Gasteiger partial charge in [-0.2, -0.15) is 0 Å². The molecule has 0 fully saturated rings. The van der Waals surface area contributed by atoms with E-state index < -0.39 is 11.8 Å². The van der Waals surface area contributed by atoms with Crippen molar-refractivity contribution in [3.8, 4) is 5.75 Å². The molecule has 1 N–H and O–H groups in total. The smallest absolute Gasteiger partial charge is 0.328 e. The van der Waals surface area contributed by atoms with E-state index in [1.807, 2.05) is 31.2 Å². The van der Waals surface area contributed by atoms with Crippen LogP contribution in [-0.4, -0.2) is 11.1 Å². The number of carbonyl (C=O) groups is 1. The molecule has 3 nitrogen and oxygen atoms in total. The molecule has 0 heterocycles. The summed E-state index contributed by atoms with van der Waals surface area (Å²) in [4.78, 5) is 10.5. The van der Waals surface area contributed by atoms with E-state index in [4.69, 9.17) is 9.84 Å². The average molecular weight is 286 g/mol. The molecular formula is C17H15FO3. The Morgan fingerprint density at radius 1 is 1.29 bits per heavy atom. The zero-order valence-electron chi connectivity index (χ0n) is 11.5. The summed E-state index contributed by atoms with van der Waals surface area (Å²) in [5.41, 5.74) is 2.01. The van der Waals surface area contributed by atoms with E-state index in [9.17, 15) is 9.18 Å². The highest BCUT2D eigenvalue weighted by Crippen LogP contribution is 2.19. The number of benzene rings is 2. The zero-order chi connectivity index (χ0) is 15.2. The Hall–Kier alpha value is -2.62. The molecule has 2 rings (SSSR count). The molecular weight excluding hydrogens is 271 g/mol. The molecule has 0 saturated heterocycles. The minimum atomic E-state index is -1.11. The summed E-state index contributed by atoms with van der Waals surface area (Å²) in [7, 11) is 0. The van der Waals surface area contributed by atoms with Crippen LogP contribution in [0.25, 0.3) is 6.08 Å². The lowest BCUT2D eigenvalue weighted by molar-refractivity contribution is -0.131. The van der Waals surface area contributed by atoms with Crippen LogP contribution < -0.4 is 4.74 Å². The maximum Gasteiger partial charge on any atom is 0.328 e. The monoisotopic (exact) mass is 286 g/mol. The van der Waals surface area contributed by atoms with Gasteiger partial charge in [-0.25, -0.2) is 9.18 Å². The molecule has 2 aromatic rings. The van der Waals surface area contributed by atoms with E-state index in [0.717, 1.165) is 23.0 Å². The number of carboxylic acid groups (broad SMARTS) is 1. The second kappa shape index (κ2) is 6.70. The summed E-state index contributed by atoms with van der Waals surface area (Å²) < 4.78 is 19.2. The first kappa shape index (κ1) is 14.8. The Morgan fingerprint density at radius 3 is 2.76 bits per heavy atom. The third kappa shape index (κ3) is 4.18. The Bertz CT molecular complexity index is 677. The zero-order valence-corrected chi connectivity index (χ0v) is 11.5. The van der Waals surface area contributed by atoms with Crippen LogP contribution in [0.4, 0.5) is 4.39 Å². The van der Waals surface area contributed by atoms with E-state index in [2.05, 4.69) is 0 Å². The van der Waals surface area contributed by atoms with Gasteiger partial charge in [0.1, 0.15) is 18.2 Å². The van der Waals surface area contributed by atoms with Gasteiger partial charge in [0.2, 0.25) is 0 Å². The molecule has 4 heteroatoms. The normalized spacial score (nSPS) is 10.8. The molecule has 0 aliphatic carbocycles. The summed E-state index contributed by atoms with van der Waals surface area (Å²) in [6.07, 6.45) is 2.14. The van der Waals surface area contributed by atoms with Crippen LogP contribution in [0.3, 0.4) is 0 Å². The van der Waals surface area contributed by atoms with E-state index >= 15 is 0 Å². The molecule has 0 aliphatic rings. The third-order valence-electron chi connectivity index (χ3n) is 2.95. The van der Waals surface area contributed by atoms with Crippen molar-refractivity contribution in [2.45, 2.75) is 13.5 Å². The van der Waals surface area contributed by atoms with Crippen LogP contribution in [0.15, 0.2) is 48.5 Å². The molecule has 108 valence electrons. The Kier molecular flexibility index (Phi) is 4.72. The van der Waals surface area contributed by atoms with E-state index in [1.54, 1.807) is 12.1 Å². The molecule has 0 atom stereocenters. The fraction of sp³-hybridized carbons (Fsp3) is 0.118. The van der Waals surface area contributed by atoms with E-state index in [-0.39, 0.29) is 5.56 Å². The lowest BCUT2D eigenvalue weighted by Crippen LogP contribution is -1.98. The topological polar surface area (TPSA) is 46.5 Å². The van der Waals surface area contributed by atoms with Crippen molar-refractivity contribution in [2.24, 2.45) is 0 Å². The predicted octanol–water partition coefficient (Wildman–Crippen LogP) is 3.81. The SMILES string of the molecule is Cc1ccccc1OCc1ccc(F)c(C=CC(=O)O)c1. The van der Waals surface area contributed by atoms with Crippen molar-refractivity contribution in [1.29, 1.82) is 0 Å². The number of ether oxygens (including phenoxy) is 1. The summed E-state index contributed by atoms with van der Waals surface area (Å²) >= 11 is 0. The van der Waals surface area contributed by atoms with Crippen molar-refractivity contribution in [2.75, 3.05) is 0 Å². The fourth-order valence-corrected chi connectivity index (χ4v) is 1.85. The maximum atomic E-state index is 13.6.